The first-order valence-corrected chi connectivity index (χ1v) is 12.8. The van der Waals surface area contributed by atoms with Gasteiger partial charge in [0.2, 0.25) is 0 Å². The molecule has 0 spiro atoms. The molecule has 0 amide bonds. The summed E-state index contributed by atoms with van der Waals surface area (Å²) < 4.78 is 2.12. The third-order valence-electron chi connectivity index (χ3n) is 6.05. The summed E-state index contributed by atoms with van der Waals surface area (Å²) in [7, 11) is 0. The van der Waals surface area contributed by atoms with Gasteiger partial charge in [-0.1, -0.05) is 101 Å². The van der Waals surface area contributed by atoms with Crippen LogP contribution in [-0.4, -0.2) is 10.5 Å². The highest BCUT2D eigenvalue weighted by atomic mass is 79.9. The molecule has 0 aromatic heterocycles. The minimum atomic E-state index is 0.0752. The number of halogens is 2. The minimum absolute atomic E-state index is 0.0752. The van der Waals surface area contributed by atoms with Crippen LogP contribution in [0.3, 0.4) is 0 Å². The van der Waals surface area contributed by atoms with E-state index in [-0.39, 0.29) is 11.3 Å². The molecule has 0 unspecified atom stereocenters. The summed E-state index contributed by atoms with van der Waals surface area (Å²) in [6.07, 6.45) is 0. The second-order valence-electron chi connectivity index (χ2n) is 9.43. The van der Waals surface area contributed by atoms with Crippen molar-refractivity contribution in [3.05, 3.63) is 145 Å². The highest BCUT2D eigenvalue weighted by Gasteiger charge is 2.21. The maximum Gasteiger partial charge on any atom is 0.329 e. The van der Waals surface area contributed by atoms with E-state index in [9.17, 15) is 5.53 Å². The topological polar surface area (TPSA) is 36.4 Å². The van der Waals surface area contributed by atoms with E-state index in [1.807, 2.05) is 24.3 Å². The second-order valence-corrected chi connectivity index (χ2v) is 11.3. The Bertz CT molecular complexity index is 1260. The summed E-state index contributed by atoms with van der Waals surface area (Å²) >= 11 is 7.09. The number of hydrogen-bond donors (Lipinski definition) is 0. The van der Waals surface area contributed by atoms with Crippen LogP contribution >= 0.6 is 31.9 Å². The maximum atomic E-state index is 9.83. The molecule has 34 heavy (non-hydrogen) atoms. The van der Waals surface area contributed by atoms with Crippen molar-refractivity contribution in [2.45, 2.75) is 32.1 Å². The van der Waals surface area contributed by atoms with Crippen molar-refractivity contribution < 1.29 is 4.79 Å². The number of hydrogen-bond acceptors (Lipinski definition) is 0. The Kier molecular flexibility index (Phi) is 7.33. The fourth-order valence-corrected chi connectivity index (χ4v) is 4.66. The quantitative estimate of drug-likeness (QED) is 0.0990. The molecule has 4 heteroatoms. The Balaban J connectivity index is 1.70. The van der Waals surface area contributed by atoms with E-state index in [4.69, 9.17) is 0 Å². The molecule has 4 aromatic rings. The highest BCUT2D eigenvalue weighted by molar-refractivity contribution is 9.10. The SMILES string of the molecule is CC(C)(C)c1ccc(C(=[N+]=[N-])c2ccc(C(c3ccc(Br)cc3)c3ccc(Br)cc3)cc2)cc1. The third-order valence-corrected chi connectivity index (χ3v) is 7.11. The van der Waals surface area contributed by atoms with Gasteiger partial charge in [-0.2, -0.15) is 4.79 Å². The normalized spacial score (nSPS) is 11.4. The summed E-state index contributed by atoms with van der Waals surface area (Å²) in [5.41, 5.74) is 17.1. The van der Waals surface area contributed by atoms with Crippen LogP contribution in [0.1, 0.15) is 60.1 Å². The van der Waals surface area contributed by atoms with E-state index in [0.717, 1.165) is 20.1 Å². The standard InChI is InChI=1S/C30H26Br2N2/c1-30(2,3)25-14-8-24(9-15-25)29(34-33)23-6-4-20(5-7-23)28(21-10-16-26(31)17-11-21)22-12-18-27(32)19-13-22/h4-19,28H,1-3H3. The van der Waals surface area contributed by atoms with Gasteiger partial charge in [-0.3, -0.25) is 0 Å². The molecule has 4 rings (SSSR count). The van der Waals surface area contributed by atoms with Crippen molar-refractivity contribution in [2.24, 2.45) is 0 Å². The van der Waals surface area contributed by atoms with Crippen LogP contribution in [0.25, 0.3) is 5.53 Å². The lowest BCUT2D eigenvalue weighted by atomic mass is 9.84. The average molecular weight is 574 g/mol. The first-order valence-electron chi connectivity index (χ1n) is 11.2. The Hall–Kier alpha value is -2.78. The molecule has 0 saturated carbocycles. The lowest BCUT2D eigenvalue weighted by Gasteiger charge is -2.19. The van der Waals surface area contributed by atoms with Crippen LogP contribution in [0.2, 0.25) is 0 Å². The summed E-state index contributed by atoms with van der Waals surface area (Å²) in [4.78, 5) is 3.64. The van der Waals surface area contributed by atoms with Gasteiger partial charge in [0.05, 0.1) is 11.1 Å². The van der Waals surface area contributed by atoms with E-state index < -0.39 is 0 Å². The van der Waals surface area contributed by atoms with E-state index >= 15 is 0 Å². The summed E-state index contributed by atoms with van der Waals surface area (Å²) in [5, 5.41) is 0. The predicted octanol–water partition coefficient (Wildman–Crippen LogP) is 8.76. The predicted molar refractivity (Wildman–Crippen MR) is 148 cm³/mol. The molecule has 4 aromatic carbocycles. The molecular formula is C30H26Br2N2. The largest absolute Gasteiger partial charge is 0.361 e. The van der Waals surface area contributed by atoms with Crippen LogP contribution in [0.15, 0.2) is 106 Å². The molecule has 170 valence electrons. The van der Waals surface area contributed by atoms with Crippen molar-refractivity contribution in [1.29, 1.82) is 0 Å². The fraction of sp³-hybridized carbons (Fsp3) is 0.167. The Morgan fingerprint density at radius 2 is 0.971 bits per heavy atom. The lowest BCUT2D eigenvalue weighted by molar-refractivity contribution is -0.00279. The molecule has 0 aliphatic heterocycles. The minimum Gasteiger partial charge on any atom is -0.361 e. The summed E-state index contributed by atoms with van der Waals surface area (Å²) in [6, 6.07) is 33.5. The first-order chi connectivity index (χ1) is 16.3. The zero-order chi connectivity index (χ0) is 24.3. The average Bonchev–Trinajstić information content (AvgIpc) is 2.83. The van der Waals surface area contributed by atoms with Gasteiger partial charge in [-0.15, -0.1) is 0 Å². The second kappa shape index (κ2) is 10.2. The van der Waals surface area contributed by atoms with Crippen LogP contribution in [0, 0.1) is 0 Å². The van der Waals surface area contributed by atoms with Gasteiger partial charge in [0.15, 0.2) is 0 Å². The van der Waals surface area contributed by atoms with Gasteiger partial charge >= 0.3 is 5.71 Å². The molecule has 0 fully saturated rings. The smallest absolute Gasteiger partial charge is 0.329 e. The number of rotatable bonds is 5. The van der Waals surface area contributed by atoms with Gasteiger partial charge in [0.1, 0.15) is 0 Å². The highest BCUT2D eigenvalue weighted by Crippen LogP contribution is 2.33. The van der Waals surface area contributed by atoms with E-state index in [1.54, 1.807) is 0 Å². The number of benzene rings is 4. The number of nitrogens with zero attached hydrogens (tertiary/aromatic N) is 2. The zero-order valence-electron chi connectivity index (χ0n) is 19.5. The molecule has 0 aliphatic rings. The van der Waals surface area contributed by atoms with Crippen molar-refractivity contribution in [1.82, 2.24) is 0 Å². The molecular weight excluding hydrogens is 548 g/mol. The monoisotopic (exact) mass is 572 g/mol. The van der Waals surface area contributed by atoms with Crippen molar-refractivity contribution in [3.8, 4) is 0 Å². The molecule has 0 heterocycles. The van der Waals surface area contributed by atoms with Gasteiger partial charge in [0, 0.05) is 14.9 Å². The Morgan fingerprint density at radius 1 is 0.618 bits per heavy atom. The maximum absolute atomic E-state index is 9.83. The van der Waals surface area contributed by atoms with Crippen molar-refractivity contribution >= 4 is 37.6 Å². The molecule has 0 bridgehead atoms. The van der Waals surface area contributed by atoms with E-state index in [2.05, 4.69) is 130 Å². The molecule has 0 atom stereocenters. The van der Waals surface area contributed by atoms with Crippen LogP contribution < -0.4 is 0 Å². The summed E-state index contributed by atoms with van der Waals surface area (Å²) in [5.74, 6) is 0.0934. The zero-order valence-corrected chi connectivity index (χ0v) is 22.6. The molecule has 2 nitrogen and oxygen atoms in total. The Labute approximate surface area is 218 Å². The fourth-order valence-electron chi connectivity index (χ4n) is 4.13. The summed E-state index contributed by atoms with van der Waals surface area (Å²) in [6.45, 7) is 6.57. The van der Waals surface area contributed by atoms with Crippen LogP contribution in [0.5, 0.6) is 0 Å². The first kappa shape index (κ1) is 24.3. The van der Waals surface area contributed by atoms with E-state index in [0.29, 0.717) is 5.71 Å². The molecule has 0 saturated heterocycles. The van der Waals surface area contributed by atoms with Crippen molar-refractivity contribution in [2.75, 3.05) is 0 Å². The van der Waals surface area contributed by atoms with Gasteiger partial charge in [0.25, 0.3) is 0 Å². The van der Waals surface area contributed by atoms with Gasteiger partial charge in [-0.25, -0.2) is 0 Å². The van der Waals surface area contributed by atoms with E-state index in [1.165, 1.54) is 22.3 Å². The van der Waals surface area contributed by atoms with Crippen LogP contribution in [-0.2, 0) is 5.41 Å². The molecule has 0 N–H and O–H groups in total. The van der Waals surface area contributed by atoms with Crippen LogP contribution in [0.4, 0.5) is 0 Å². The third kappa shape index (κ3) is 5.47. The Morgan fingerprint density at radius 3 is 1.32 bits per heavy atom. The van der Waals surface area contributed by atoms with Gasteiger partial charge in [-0.05, 0) is 76.2 Å². The molecule has 0 aliphatic carbocycles. The lowest BCUT2D eigenvalue weighted by Crippen LogP contribution is -2.12. The molecule has 0 radical (unpaired) electrons. The van der Waals surface area contributed by atoms with Gasteiger partial charge < -0.3 is 5.53 Å². The van der Waals surface area contributed by atoms with Crippen molar-refractivity contribution in [3.63, 3.8) is 0 Å².